The number of methoxy groups -OCH3 is 1. The van der Waals surface area contributed by atoms with E-state index in [0.717, 1.165) is 5.82 Å². The second kappa shape index (κ2) is 5.66. The molecule has 0 radical (unpaired) electrons. The van der Waals surface area contributed by atoms with Crippen molar-refractivity contribution in [1.82, 2.24) is 20.1 Å². The summed E-state index contributed by atoms with van der Waals surface area (Å²) in [6, 6.07) is 3.30. The Bertz CT molecular complexity index is 561. The second-order valence-electron chi connectivity index (χ2n) is 4.15. The zero-order chi connectivity index (χ0) is 13.8. The molecular formula is C12H16N4O3. The van der Waals surface area contributed by atoms with Crippen LogP contribution < -0.4 is 5.32 Å². The lowest BCUT2D eigenvalue weighted by Gasteiger charge is -2.10. The predicted molar refractivity (Wildman–Crippen MR) is 66.3 cm³/mol. The zero-order valence-electron chi connectivity index (χ0n) is 11.1. The summed E-state index contributed by atoms with van der Waals surface area (Å²) >= 11 is 0. The number of aryl methyl sites for hydroxylation is 1. The van der Waals surface area contributed by atoms with Crippen LogP contribution in [0.1, 0.15) is 35.1 Å². The first-order valence-corrected chi connectivity index (χ1v) is 5.86. The molecule has 0 bridgehead atoms. The molecule has 1 unspecified atom stereocenters. The van der Waals surface area contributed by atoms with Gasteiger partial charge in [0.05, 0.1) is 19.7 Å². The maximum atomic E-state index is 11.3. The summed E-state index contributed by atoms with van der Waals surface area (Å²) in [5.74, 6) is 1.21. The number of nitrogens with zero attached hydrogens (tertiary/aromatic N) is 3. The molecule has 0 saturated carbocycles. The normalized spacial score (nSPS) is 12.4. The number of carbonyl (C=O) groups is 1. The summed E-state index contributed by atoms with van der Waals surface area (Å²) in [6.45, 7) is 2.50. The van der Waals surface area contributed by atoms with Gasteiger partial charge < -0.3 is 19.0 Å². The van der Waals surface area contributed by atoms with Crippen molar-refractivity contribution < 1.29 is 13.9 Å². The van der Waals surface area contributed by atoms with Crippen LogP contribution in [0.25, 0.3) is 0 Å². The van der Waals surface area contributed by atoms with E-state index in [1.807, 2.05) is 18.5 Å². The van der Waals surface area contributed by atoms with Gasteiger partial charge in [0.15, 0.2) is 0 Å². The first kappa shape index (κ1) is 13.3. The first-order chi connectivity index (χ1) is 9.11. The number of carbonyl (C=O) groups excluding carboxylic acids is 1. The number of ether oxygens (including phenoxy) is 1. The molecule has 2 rings (SSSR count). The van der Waals surface area contributed by atoms with Crippen molar-refractivity contribution in [2.75, 3.05) is 7.11 Å². The Kier molecular flexibility index (Phi) is 3.96. The third-order valence-corrected chi connectivity index (χ3v) is 2.81. The van der Waals surface area contributed by atoms with Crippen LogP contribution in [-0.4, -0.2) is 27.8 Å². The maximum absolute atomic E-state index is 11.3. The summed E-state index contributed by atoms with van der Waals surface area (Å²) in [7, 11) is 3.20. The van der Waals surface area contributed by atoms with E-state index in [4.69, 9.17) is 4.42 Å². The molecule has 7 nitrogen and oxygen atoms in total. The first-order valence-electron chi connectivity index (χ1n) is 5.86. The maximum Gasteiger partial charge on any atom is 0.373 e. The minimum Gasteiger partial charge on any atom is -0.463 e. The minimum atomic E-state index is -0.480. The van der Waals surface area contributed by atoms with E-state index in [0.29, 0.717) is 12.3 Å². The number of furan rings is 1. The topological polar surface area (TPSA) is 82.2 Å². The van der Waals surface area contributed by atoms with Crippen LogP contribution in [0.3, 0.4) is 0 Å². The Labute approximate surface area is 110 Å². The molecule has 0 fully saturated rings. The molecule has 0 aliphatic heterocycles. The van der Waals surface area contributed by atoms with Crippen molar-refractivity contribution in [2.45, 2.75) is 19.5 Å². The number of rotatable bonds is 5. The van der Waals surface area contributed by atoms with Gasteiger partial charge in [-0.25, -0.2) is 4.79 Å². The zero-order valence-corrected chi connectivity index (χ0v) is 11.1. The summed E-state index contributed by atoms with van der Waals surface area (Å²) in [6.07, 6.45) is 1.64. The standard InChI is InChI=1S/C12H16N4O3/c1-8(13-6-11-15-14-7-16(11)2)9-4-5-10(19-9)12(17)18-3/h4-5,7-8,13H,6H2,1-3H3. The van der Waals surface area contributed by atoms with E-state index in [2.05, 4.69) is 20.3 Å². The molecule has 2 aromatic rings. The van der Waals surface area contributed by atoms with Crippen LogP contribution in [0.15, 0.2) is 22.9 Å². The van der Waals surface area contributed by atoms with Gasteiger partial charge in [-0.2, -0.15) is 0 Å². The summed E-state index contributed by atoms with van der Waals surface area (Å²) < 4.78 is 11.8. The average Bonchev–Trinajstić information content (AvgIpc) is 3.04. The lowest BCUT2D eigenvalue weighted by Crippen LogP contribution is -2.19. The number of esters is 1. The molecule has 0 aliphatic rings. The van der Waals surface area contributed by atoms with Gasteiger partial charge in [0, 0.05) is 7.05 Å². The number of hydrogen-bond acceptors (Lipinski definition) is 6. The predicted octanol–water partition coefficient (Wildman–Crippen LogP) is 1.05. The summed E-state index contributed by atoms with van der Waals surface area (Å²) in [5.41, 5.74) is 0. The fraction of sp³-hybridized carbons (Fsp3) is 0.417. The largest absolute Gasteiger partial charge is 0.463 e. The van der Waals surface area contributed by atoms with E-state index in [1.165, 1.54) is 7.11 Å². The smallest absolute Gasteiger partial charge is 0.373 e. The fourth-order valence-electron chi connectivity index (χ4n) is 1.61. The van der Waals surface area contributed by atoms with Gasteiger partial charge in [-0.3, -0.25) is 0 Å². The Morgan fingerprint density at radius 3 is 3.00 bits per heavy atom. The molecule has 0 amide bonds. The number of hydrogen-bond donors (Lipinski definition) is 1. The van der Waals surface area contributed by atoms with Crippen LogP contribution in [0.5, 0.6) is 0 Å². The molecule has 0 spiro atoms. The molecule has 7 heteroatoms. The lowest BCUT2D eigenvalue weighted by atomic mass is 10.2. The quantitative estimate of drug-likeness (QED) is 0.813. The molecule has 1 N–H and O–H groups in total. The molecule has 1 atom stereocenters. The third kappa shape index (κ3) is 3.00. The molecule has 102 valence electrons. The lowest BCUT2D eigenvalue weighted by molar-refractivity contribution is 0.0562. The van der Waals surface area contributed by atoms with Crippen molar-refractivity contribution >= 4 is 5.97 Å². The SMILES string of the molecule is COC(=O)c1ccc(C(C)NCc2nncn2C)o1. The highest BCUT2D eigenvalue weighted by Gasteiger charge is 2.15. The van der Waals surface area contributed by atoms with Crippen LogP contribution in [0.4, 0.5) is 0 Å². The van der Waals surface area contributed by atoms with Gasteiger partial charge in [-0.05, 0) is 19.1 Å². The second-order valence-corrected chi connectivity index (χ2v) is 4.15. The van der Waals surface area contributed by atoms with Gasteiger partial charge in [0.25, 0.3) is 0 Å². The average molecular weight is 264 g/mol. The van der Waals surface area contributed by atoms with Gasteiger partial charge >= 0.3 is 5.97 Å². The van der Waals surface area contributed by atoms with Crippen molar-refractivity contribution in [3.8, 4) is 0 Å². The highest BCUT2D eigenvalue weighted by molar-refractivity contribution is 5.86. The molecular weight excluding hydrogens is 248 g/mol. The van der Waals surface area contributed by atoms with E-state index in [1.54, 1.807) is 18.5 Å². The van der Waals surface area contributed by atoms with Crippen LogP contribution in [0, 0.1) is 0 Å². The summed E-state index contributed by atoms with van der Waals surface area (Å²) in [5, 5.41) is 11.0. The monoisotopic (exact) mass is 264 g/mol. The molecule has 2 heterocycles. The summed E-state index contributed by atoms with van der Waals surface area (Å²) in [4.78, 5) is 11.3. The Hall–Kier alpha value is -2.15. The molecule has 2 aromatic heterocycles. The van der Waals surface area contributed by atoms with Crippen molar-refractivity contribution in [3.63, 3.8) is 0 Å². The van der Waals surface area contributed by atoms with Gasteiger partial charge in [0.1, 0.15) is 17.9 Å². The number of aromatic nitrogens is 3. The van der Waals surface area contributed by atoms with Crippen molar-refractivity contribution in [2.24, 2.45) is 7.05 Å². The Morgan fingerprint density at radius 2 is 2.37 bits per heavy atom. The van der Waals surface area contributed by atoms with E-state index in [-0.39, 0.29) is 11.8 Å². The van der Waals surface area contributed by atoms with E-state index in [9.17, 15) is 4.79 Å². The van der Waals surface area contributed by atoms with Crippen molar-refractivity contribution in [3.05, 3.63) is 35.8 Å². The molecule has 19 heavy (non-hydrogen) atoms. The molecule has 0 saturated heterocycles. The van der Waals surface area contributed by atoms with Gasteiger partial charge in [-0.15, -0.1) is 10.2 Å². The van der Waals surface area contributed by atoms with Gasteiger partial charge in [-0.1, -0.05) is 0 Å². The minimum absolute atomic E-state index is 0.0462. The Morgan fingerprint density at radius 1 is 1.58 bits per heavy atom. The van der Waals surface area contributed by atoms with Crippen molar-refractivity contribution in [1.29, 1.82) is 0 Å². The van der Waals surface area contributed by atoms with Gasteiger partial charge in [0.2, 0.25) is 5.76 Å². The molecule has 0 aromatic carbocycles. The highest BCUT2D eigenvalue weighted by Crippen LogP contribution is 2.17. The number of nitrogens with one attached hydrogen (secondary N) is 1. The third-order valence-electron chi connectivity index (χ3n) is 2.81. The van der Waals surface area contributed by atoms with E-state index < -0.39 is 5.97 Å². The highest BCUT2D eigenvalue weighted by atomic mass is 16.5. The van der Waals surface area contributed by atoms with E-state index >= 15 is 0 Å². The van der Waals surface area contributed by atoms with Crippen LogP contribution in [-0.2, 0) is 18.3 Å². The van der Waals surface area contributed by atoms with Crippen LogP contribution in [0.2, 0.25) is 0 Å². The molecule has 0 aliphatic carbocycles. The van der Waals surface area contributed by atoms with Crippen LogP contribution >= 0.6 is 0 Å². The Balaban J connectivity index is 1.96. The fourth-order valence-corrected chi connectivity index (χ4v) is 1.61.